The third-order valence-electron chi connectivity index (χ3n) is 2.72. The van der Waals surface area contributed by atoms with Crippen LogP contribution in [-0.2, 0) is 6.18 Å². The van der Waals surface area contributed by atoms with Crippen LogP contribution in [0.3, 0.4) is 0 Å². The Labute approximate surface area is 120 Å². The molecular weight excluding hydrogens is 335 g/mol. The molecule has 1 radical (unpaired) electrons. The zero-order chi connectivity index (χ0) is 14.3. The standard InChI is InChI=1S/C13H6BrF3N3/c14-11-7-20-6-10(19-12(20)5-18-11)8-1-3-9(4-2-8)13(15,16)17/h1-5,7H. The van der Waals surface area contributed by atoms with E-state index in [2.05, 4.69) is 32.1 Å². The van der Waals surface area contributed by atoms with Gasteiger partial charge in [-0.05, 0) is 28.1 Å². The van der Waals surface area contributed by atoms with E-state index < -0.39 is 11.7 Å². The van der Waals surface area contributed by atoms with E-state index in [-0.39, 0.29) is 0 Å². The molecule has 3 nitrogen and oxygen atoms in total. The van der Waals surface area contributed by atoms with E-state index in [1.165, 1.54) is 12.1 Å². The van der Waals surface area contributed by atoms with Gasteiger partial charge in [-0.3, -0.25) is 4.40 Å². The van der Waals surface area contributed by atoms with E-state index in [0.29, 0.717) is 21.5 Å². The van der Waals surface area contributed by atoms with Gasteiger partial charge in [0.15, 0.2) is 5.65 Å². The highest BCUT2D eigenvalue weighted by Gasteiger charge is 2.30. The van der Waals surface area contributed by atoms with E-state index in [0.717, 1.165) is 12.1 Å². The van der Waals surface area contributed by atoms with Crippen molar-refractivity contribution in [3.8, 4) is 11.3 Å². The molecule has 0 aliphatic rings. The maximum absolute atomic E-state index is 12.5. The summed E-state index contributed by atoms with van der Waals surface area (Å²) in [6.07, 6.45) is 1.85. The average molecular weight is 341 g/mol. The second-order valence-corrected chi connectivity index (χ2v) is 4.90. The second kappa shape index (κ2) is 4.59. The first-order valence-electron chi connectivity index (χ1n) is 5.54. The molecule has 1 aromatic carbocycles. The summed E-state index contributed by atoms with van der Waals surface area (Å²) in [5.74, 6) is 0. The fraction of sp³-hybridized carbons (Fsp3) is 0.0769. The molecule has 0 bridgehead atoms. The summed E-state index contributed by atoms with van der Waals surface area (Å²) >= 11 is 3.22. The summed E-state index contributed by atoms with van der Waals surface area (Å²) in [7, 11) is 0. The van der Waals surface area contributed by atoms with Gasteiger partial charge in [-0.15, -0.1) is 0 Å². The number of aromatic nitrogens is 3. The lowest BCUT2D eigenvalue weighted by Gasteiger charge is -2.06. The Morgan fingerprint density at radius 3 is 2.50 bits per heavy atom. The Kier molecular flexibility index (Phi) is 3.01. The van der Waals surface area contributed by atoms with Gasteiger partial charge in [0.05, 0.1) is 17.5 Å². The minimum atomic E-state index is -4.34. The Hall–Kier alpha value is -1.89. The molecule has 0 fully saturated rings. The fourth-order valence-corrected chi connectivity index (χ4v) is 2.07. The Balaban J connectivity index is 2.02. The maximum atomic E-state index is 12.5. The van der Waals surface area contributed by atoms with Gasteiger partial charge in [0.2, 0.25) is 0 Å². The minimum absolute atomic E-state index is 0.471. The van der Waals surface area contributed by atoms with E-state index in [9.17, 15) is 13.2 Å². The van der Waals surface area contributed by atoms with Crippen LogP contribution in [0.1, 0.15) is 5.56 Å². The lowest BCUT2D eigenvalue weighted by Crippen LogP contribution is -2.03. The van der Waals surface area contributed by atoms with Crippen LogP contribution in [0, 0.1) is 6.20 Å². The lowest BCUT2D eigenvalue weighted by molar-refractivity contribution is -0.137. The highest BCUT2D eigenvalue weighted by atomic mass is 79.9. The quantitative estimate of drug-likeness (QED) is 0.670. The van der Waals surface area contributed by atoms with Crippen LogP contribution in [0.4, 0.5) is 13.2 Å². The third kappa shape index (κ3) is 2.40. The van der Waals surface area contributed by atoms with Crippen molar-refractivity contribution in [1.29, 1.82) is 0 Å². The van der Waals surface area contributed by atoms with Gasteiger partial charge < -0.3 is 0 Å². The van der Waals surface area contributed by atoms with Crippen molar-refractivity contribution in [2.45, 2.75) is 6.18 Å². The molecular formula is C13H6BrF3N3. The Morgan fingerprint density at radius 2 is 1.85 bits per heavy atom. The van der Waals surface area contributed by atoms with Crippen molar-refractivity contribution in [3.05, 3.63) is 53.0 Å². The lowest BCUT2D eigenvalue weighted by atomic mass is 10.1. The summed E-state index contributed by atoms with van der Waals surface area (Å²) < 4.78 is 39.7. The van der Waals surface area contributed by atoms with Crippen molar-refractivity contribution < 1.29 is 13.2 Å². The molecule has 0 N–H and O–H groups in total. The molecule has 0 amide bonds. The number of hydrogen-bond donors (Lipinski definition) is 0. The summed E-state index contributed by atoms with van der Waals surface area (Å²) in [5, 5.41) is 0. The van der Waals surface area contributed by atoms with Crippen LogP contribution >= 0.6 is 15.9 Å². The van der Waals surface area contributed by atoms with E-state index in [1.54, 1.807) is 16.8 Å². The average Bonchev–Trinajstić information content (AvgIpc) is 2.80. The number of rotatable bonds is 1. The van der Waals surface area contributed by atoms with Crippen LogP contribution in [-0.4, -0.2) is 14.4 Å². The van der Waals surface area contributed by atoms with Crippen LogP contribution < -0.4 is 0 Å². The molecule has 3 rings (SSSR count). The zero-order valence-electron chi connectivity index (χ0n) is 9.82. The van der Waals surface area contributed by atoms with Gasteiger partial charge >= 0.3 is 6.18 Å². The van der Waals surface area contributed by atoms with Gasteiger partial charge in [-0.2, -0.15) is 13.2 Å². The molecule has 7 heteroatoms. The van der Waals surface area contributed by atoms with E-state index in [4.69, 9.17) is 0 Å². The number of imidazole rings is 1. The van der Waals surface area contributed by atoms with Crippen molar-refractivity contribution >= 4 is 21.6 Å². The van der Waals surface area contributed by atoms with Crippen LogP contribution in [0.25, 0.3) is 16.9 Å². The van der Waals surface area contributed by atoms with Crippen molar-refractivity contribution in [1.82, 2.24) is 14.4 Å². The molecule has 20 heavy (non-hydrogen) atoms. The SMILES string of the molecule is FC(F)(F)c1ccc(-c2[c]n3cc(Br)ncc3n2)cc1. The number of halogens is 4. The third-order valence-corrected chi connectivity index (χ3v) is 3.13. The topological polar surface area (TPSA) is 30.2 Å². The normalized spacial score (nSPS) is 12.0. The zero-order valence-corrected chi connectivity index (χ0v) is 11.4. The molecule has 0 spiro atoms. The summed E-state index contributed by atoms with van der Waals surface area (Å²) in [5.41, 5.74) is 0.925. The first-order chi connectivity index (χ1) is 9.43. The molecule has 0 saturated carbocycles. The van der Waals surface area contributed by atoms with Crippen molar-refractivity contribution in [3.63, 3.8) is 0 Å². The monoisotopic (exact) mass is 340 g/mol. The number of benzene rings is 1. The predicted octanol–water partition coefficient (Wildman–Crippen LogP) is 3.98. The summed E-state index contributed by atoms with van der Waals surface area (Å²) in [6.45, 7) is 0. The fourth-order valence-electron chi connectivity index (χ4n) is 1.76. The molecule has 3 aromatic rings. The van der Waals surface area contributed by atoms with Gasteiger partial charge in [0.25, 0.3) is 0 Å². The molecule has 0 atom stereocenters. The van der Waals surface area contributed by atoms with Gasteiger partial charge in [0, 0.05) is 11.8 Å². The second-order valence-electron chi connectivity index (χ2n) is 4.09. The van der Waals surface area contributed by atoms with Gasteiger partial charge in [-0.25, -0.2) is 9.97 Å². The smallest absolute Gasteiger partial charge is 0.294 e. The Bertz CT molecular complexity index is 763. The van der Waals surface area contributed by atoms with Crippen LogP contribution in [0.15, 0.2) is 41.3 Å². The number of nitrogens with zero attached hydrogens (tertiary/aromatic N) is 3. The summed E-state index contributed by atoms with van der Waals surface area (Å²) in [6, 6.07) is 4.82. The van der Waals surface area contributed by atoms with Crippen molar-refractivity contribution in [2.75, 3.05) is 0 Å². The van der Waals surface area contributed by atoms with E-state index in [1.807, 2.05) is 0 Å². The molecule has 2 aromatic heterocycles. The number of hydrogen-bond acceptors (Lipinski definition) is 2. The number of alkyl halides is 3. The predicted molar refractivity (Wildman–Crippen MR) is 70.0 cm³/mol. The minimum Gasteiger partial charge on any atom is -0.294 e. The highest BCUT2D eigenvalue weighted by molar-refractivity contribution is 9.10. The van der Waals surface area contributed by atoms with Crippen LogP contribution in [0.5, 0.6) is 0 Å². The first kappa shape index (κ1) is 13.1. The largest absolute Gasteiger partial charge is 0.416 e. The van der Waals surface area contributed by atoms with E-state index >= 15 is 0 Å². The molecule has 2 heterocycles. The first-order valence-corrected chi connectivity index (χ1v) is 6.33. The molecule has 0 aliphatic heterocycles. The Morgan fingerprint density at radius 1 is 1.15 bits per heavy atom. The maximum Gasteiger partial charge on any atom is 0.416 e. The van der Waals surface area contributed by atoms with Gasteiger partial charge in [-0.1, -0.05) is 12.1 Å². The molecule has 0 unspecified atom stereocenters. The van der Waals surface area contributed by atoms with Gasteiger partial charge in [0.1, 0.15) is 10.8 Å². The van der Waals surface area contributed by atoms with Crippen molar-refractivity contribution in [2.24, 2.45) is 0 Å². The molecule has 101 valence electrons. The van der Waals surface area contributed by atoms with Crippen LogP contribution in [0.2, 0.25) is 0 Å². The highest BCUT2D eigenvalue weighted by Crippen LogP contribution is 2.30. The number of fused-ring (bicyclic) bond motifs is 1. The summed E-state index contributed by atoms with van der Waals surface area (Å²) in [4.78, 5) is 8.28. The molecule has 0 aliphatic carbocycles. The molecule has 0 saturated heterocycles.